The molecule has 0 spiro atoms. The quantitative estimate of drug-likeness (QED) is 0.324. The summed E-state index contributed by atoms with van der Waals surface area (Å²) in [5.74, 6) is 0.309. The maximum Gasteiger partial charge on any atom is 0.116 e. The molecule has 2 aromatic carbocycles. The normalized spacial score (nSPS) is 11.4. The van der Waals surface area contributed by atoms with E-state index in [1.165, 1.54) is 32.8 Å². The standard InChI is InChI=1S/C25H27NO2S/c1-18-22-16-21(28)11-12-23(22)26(13-7-2-3-8-14-27)25(18)24-15-20(17-29-24)19-9-5-4-6-10-19/h4-6,9-12,15-17,27-28H,2-3,7-8,13-14H2,1H3. The second kappa shape index (κ2) is 8.85. The van der Waals surface area contributed by atoms with Crippen molar-refractivity contribution < 1.29 is 10.2 Å². The van der Waals surface area contributed by atoms with Crippen LogP contribution in [0.2, 0.25) is 0 Å². The second-order valence-electron chi connectivity index (χ2n) is 7.53. The molecule has 0 aliphatic carbocycles. The number of benzene rings is 2. The van der Waals surface area contributed by atoms with Crippen molar-refractivity contribution in [3.8, 4) is 27.4 Å². The SMILES string of the molecule is Cc1c(-c2cc(-c3ccccc3)cs2)n(CCCCCCO)c2ccc(O)cc12. The van der Waals surface area contributed by atoms with Gasteiger partial charge in [0.2, 0.25) is 0 Å². The third-order valence-corrected chi connectivity index (χ3v) is 6.47. The summed E-state index contributed by atoms with van der Waals surface area (Å²) in [6.07, 6.45) is 4.12. The molecule has 0 fully saturated rings. The minimum atomic E-state index is 0.271. The van der Waals surface area contributed by atoms with Gasteiger partial charge in [-0.25, -0.2) is 0 Å². The lowest BCUT2D eigenvalue weighted by atomic mass is 10.1. The molecule has 0 unspecified atom stereocenters. The number of aromatic hydroxyl groups is 1. The van der Waals surface area contributed by atoms with Gasteiger partial charge in [-0.05, 0) is 66.1 Å². The number of aliphatic hydroxyl groups excluding tert-OH is 1. The highest BCUT2D eigenvalue weighted by Gasteiger charge is 2.18. The molecule has 2 N–H and O–H groups in total. The van der Waals surface area contributed by atoms with Crippen LogP contribution in [0, 0.1) is 6.92 Å². The Hall–Kier alpha value is -2.56. The van der Waals surface area contributed by atoms with Crippen LogP contribution in [0.4, 0.5) is 0 Å². The van der Waals surface area contributed by atoms with Gasteiger partial charge in [0.1, 0.15) is 5.75 Å². The van der Waals surface area contributed by atoms with Crippen LogP contribution in [0.5, 0.6) is 5.75 Å². The van der Waals surface area contributed by atoms with Gasteiger partial charge in [-0.2, -0.15) is 0 Å². The van der Waals surface area contributed by atoms with Crippen LogP contribution >= 0.6 is 11.3 Å². The molecule has 2 heterocycles. The van der Waals surface area contributed by atoms with E-state index in [2.05, 4.69) is 47.2 Å². The number of phenols is 1. The predicted octanol–water partition coefficient (Wildman–Crippen LogP) is 6.60. The first-order valence-corrected chi connectivity index (χ1v) is 11.1. The number of thiophene rings is 1. The number of phenolic OH excluding ortho intramolecular Hbond substituents is 1. The van der Waals surface area contributed by atoms with E-state index in [4.69, 9.17) is 5.11 Å². The van der Waals surface area contributed by atoms with Crippen LogP contribution in [0.25, 0.3) is 32.6 Å². The van der Waals surface area contributed by atoms with Crippen LogP contribution in [0.1, 0.15) is 31.2 Å². The third kappa shape index (κ3) is 4.09. The number of rotatable bonds is 8. The average Bonchev–Trinajstić information content (AvgIpc) is 3.32. The van der Waals surface area contributed by atoms with Crippen LogP contribution in [0.15, 0.2) is 60.0 Å². The molecule has 0 saturated heterocycles. The molecule has 0 aliphatic heterocycles. The largest absolute Gasteiger partial charge is 0.508 e. The highest BCUT2D eigenvalue weighted by atomic mass is 32.1. The Morgan fingerprint density at radius 2 is 1.69 bits per heavy atom. The Morgan fingerprint density at radius 1 is 0.897 bits per heavy atom. The molecule has 0 amide bonds. The molecule has 0 bridgehead atoms. The number of aliphatic hydroxyl groups is 1. The summed E-state index contributed by atoms with van der Waals surface area (Å²) >= 11 is 1.78. The molecular weight excluding hydrogens is 378 g/mol. The van der Waals surface area contributed by atoms with Crippen molar-refractivity contribution in [1.29, 1.82) is 0 Å². The molecule has 29 heavy (non-hydrogen) atoms. The first-order chi connectivity index (χ1) is 14.2. The van der Waals surface area contributed by atoms with E-state index in [1.807, 2.05) is 18.2 Å². The van der Waals surface area contributed by atoms with E-state index in [9.17, 15) is 5.11 Å². The fourth-order valence-corrected chi connectivity index (χ4v) is 5.07. The van der Waals surface area contributed by atoms with Gasteiger partial charge in [-0.15, -0.1) is 11.3 Å². The van der Waals surface area contributed by atoms with Crippen LogP contribution in [0.3, 0.4) is 0 Å². The Balaban J connectivity index is 1.73. The average molecular weight is 406 g/mol. The molecule has 2 aromatic heterocycles. The van der Waals surface area contributed by atoms with Crippen LogP contribution in [-0.2, 0) is 6.54 Å². The van der Waals surface area contributed by atoms with Crippen molar-refractivity contribution in [2.24, 2.45) is 0 Å². The van der Waals surface area contributed by atoms with Crippen molar-refractivity contribution in [1.82, 2.24) is 4.57 Å². The number of aryl methyl sites for hydroxylation is 2. The van der Waals surface area contributed by atoms with E-state index in [0.29, 0.717) is 5.75 Å². The summed E-state index contributed by atoms with van der Waals surface area (Å²) < 4.78 is 2.41. The summed E-state index contributed by atoms with van der Waals surface area (Å²) in [6.45, 7) is 3.36. The van der Waals surface area contributed by atoms with Crippen molar-refractivity contribution >= 4 is 22.2 Å². The second-order valence-corrected chi connectivity index (χ2v) is 8.44. The Labute approximate surface area is 175 Å². The number of aromatic nitrogens is 1. The molecule has 4 rings (SSSR count). The maximum atomic E-state index is 10.0. The first-order valence-electron chi connectivity index (χ1n) is 10.3. The fourth-order valence-electron chi connectivity index (χ4n) is 4.04. The zero-order chi connectivity index (χ0) is 20.2. The van der Waals surface area contributed by atoms with Gasteiger partial charge in [0.25, 0.3) is 0 Å². The van der Waals surface area contributed by atoms with E-state index in [-0.39, 0.29) is 6.61 Å². The molecule has 150 valence electrons. The zero-order valence-corrected chi connectivity index (χ0v) is 17.6. The molecule has 0 aliphatic rings. The van der Waals surface area contributed by atoms with E-state index in [0.717, 1.165) is 37.6 Å². The maximum absolute atomic E-state index is 10.0. The van der Waals surface area contributed by atoms with Gasteiger partial charge < -0.3 is 14.8 Å². The minimum Gasteiger partial charge on any atom is -0.508 e. The highest BCUT2D eigenvalue weighted by molar-refractivity contribution is 7.14. The Morgan fingerprint density at radius 3 is 2.48 bits per heavy atom. The van der Waals surface area contributed by atoms with Gasteiger partial charge in [0.15, 0.2) is 0 Å². The predicted molar refractivity (Wildman–Crippen MR) is 123 cm³/mol. The van der Waals surface area contributed by atoms with Crippen molar-refractivity contribution in [3.63, 3.8) is 0 Å². The molecule has 0 radical (unpaired) electrons. The lowest BCUT2D eigenvalue weighted by molar-refractivity contribution is 0.282. The lowest BCUT2D eigenvalue weighted by Crippen LogP contribution is -2.00. The number of hydrogen-bond donors (Lipinski definition) is 2. The number of unbranched alkanes of at least 4 members (excludes halogenated alkanes) is 3. The topological polar surface area (TPSA) is 45.4 Å². The van der Waals surface area contributed by atoms with Gasteiger partial charge in [0.05, 0.1) is 10.6 Å². The van der Waals surface area contributed by atoms with Crippen LogP contribution in [-0.4, -0.2) is 21.4 Å². The van der Waals surface area contributed by atoms with Gasteiger partial charge in [-0.3, -0.25) is 0 Å². The van der Waals surface area contributed by atoms with Gasteiger partial charge in [0, 0.05) is 24.1 Å². The monoisotopic (exact) mass is 405 g/mol. The van der Waals surface area contributed by atoms with E-state index < -0.39 is 0 Å². The molecular formula is C25H27NO2S. The van der Waals surface area contributed by atoms with Crippen molar-refractivity contribution in [2.75, 3.05) is 6.61 Å². The van der Waals surface area contributed by atoms with Crippen molar-refractivity contribution in [2.45, 2.75) is 39.2 Å². The highest BCUT2D eigenvalue weighted by Crippen LogP contribution is 2.39. The summed E-state index contributed by atoms with van der Waals surface area (Å²) in [7, 11) is 0. The van der Waals surface area contributed by atoms with Gasteiger partial charge >= 0.3 is 0 Å². The number of fused-ring (bicyclic) bond motifs is 1. The first kappa shape index (κ1) is 19.7. The van der Waals surface area contributed by atoms with Gasteiger partial charge in [-0.1, -0.05) is 43.2 Å². The molecule has 4 heteroatoms. The molecule has 0 atom stereocenters. The minimum absolute atomic E-state index is 0.271. The summed E-state index contributed by atoms with van der Waals surface area (Å²) in [5.41, 5.74) is 6.12. The Bertz CT molecular complexity index is 1090. The smallest absolute Gasteiger partial charge is 0.116 e. The van der Waals surface area contributed by atoms with E-state index in [1.54, 1.807) is 17.4 Å². The third-order valence-electron chi connectivity index (χ3n) is 5.53. The molecule has 3 nitrogen and oxygen atoms in total. The molecule has 4 aromatic rings. The zero-order valence-electron chi connectivity index (χ0n) is 16.8. The van der Waals surface area contributed by atoms with Crippen LogP contribution < -0.4 is 0 Å². The number of nitrogens with zero attached hydrogens (tertiary/aromatic N) is 1. The number of hydrogen-bond acceptors (Lipinski definition) is 3. The summed E-state index contributed by atoms with van der Waals surface area (Å²) in [4.78, 5) is 1.26. The lowest BCUT2D eigenvalue weighted by Gasteiger charge is -2.11. The van der Waals surface area contributed by atoms with Crippen molar-refractivity contribution in [3.05, 3.63) is 65.5 Å². The fraction of sp³-hybridized carbons (Fsp3) is 0.280. The van der Waals surface area contributed by atoms with E-state index >= 15 is 0 Å². The molecule has 0 saturated carbocycles. The Kier molecular flexibility index (Phi) is 6.02. The summed E-state index contributed by atoms with van der Waals surface area (Å²) in [6, 6.07) is 18.4. The summed E-state index contributed by atoms with van der Waals surface area (Å²) in [5, 5.41) is 22.4.